The lowest BCUT2D eigenvalue weighted by molar-refractivity contribution is -0.131. The highest BCUT2D eigenvalue weighted by molar-refractivity contribution is 5.85. The van der Waals surface area contributed by atoms with E-state index in [0.29, 0.717) is 17.7 Å². The Balaban J connectivity index is 1.21. The molecular formula is C26H27N5O. The molecule has 4 aromatic rings. The number of benzene rings is 2. The fourth-order valence-corrected chi connectivity index (χ4v) is 4.88. The van der Waals surface area contributed by atoms with E-state index in [1.54, 1.807) is 0 Å². The van der Waals surface area contributed by atoms with E-state index < -0.39 is 0 Å². The van der Waals surface area contributed by atoms with Gasteiger partial charge in [-0.05, 0) is 60.7 Å². The molecule has 1 amide bonds. The molecule has 2 aromatic heterocycles. The zero-order valence-electron chi connectivity index (χ0n) is 18.3. The first-order chi connectivity index (χ1) is 15.7. The van der Waals surface area contributed by atoms with Gasteiger partial charge < -0.3 is 14.5 Å². The molecule has 1 unspecified atom stereocenters. The quantitative estimate of drug-likeness (QED) is 0.506. The van der Waals surface area contributed by atoms with Gasteiger partial charge >= 0.3 is 0 Å². The van der Waals surface area contributed by atoms with Crippen molar-refractivity contribution in [2.75, 3.05) is 13.1 Å². The van der Waals surface area contributed by atoms with Crippen LogP contribution in [0.5, 0.6) is 0 Å². The maximum Gasteiger partial charge on any atom is 0.225 e. The van der Waals surface area contributed by atoms with E-state index in [2.05, 4.69) is 73.2 Å². The first-order valence-corrected chi connectivity index (χ1v) is 11.5. The fourth-order valence-electron chi connectivity index (χ4n) is 4.88. The Morgan fingerprint density at radius 2 is 1.78 bits per heavy atom. The number of nitrogens with zero attached hydrogens (tertiary/aromatic N) is 4. The second-order valence-electron chi connectivity index (χ2n) is 9.25. The van der Waals surface area contributed by atoms with Gasteiger partial charge in [0.1, 0.15) is 5.82 Å². The van der Waals surface area contributed by atoms with E-state index in [0.717, 1.165) is 61.6 Å². The van der Waals surface area contributed by atoms with Crippen LogP contribution in [0.1, 0.15) is 25.1 Å². The second-order valence-corrected chi connectivity index (χ2v) is 9.25. The summed E-state index contributed by atoms with van der Waals surface area (Å²) >= 11 is 0. The molecule has 6 nitrogen and oxygen atoms in total. The van der Waals surface area contributed by atoms with Gasteiger partial charge in [-0.2, -0.15) is 0 Å². The normalized spacial score (nSPS) is 18.5. The van der Waals surface area contributed by atoms with Crippen LogP contribution in [0.4, 0.5) is 0 Å². The Morgan fingerprint density at radius 1 is 1.00 bits per heavy atom. The minimum atomic E-state index is 0.303. The van der Waals surface area contributed by atoms with Gasteiger partial charge in [0.05, 0.1) is 0 Å². The third-order valence-corrected chi connectivity index (χ3v) is 6.93. The molecule has 3 heterocycles. The number of aromatic amines is 1. The van der Waals surface area contributed by atoms with Gasteiger partial charge in [-0.15, -0.1) is 10.2 Å². The van der Waals surface area contributed by atoms with E-state index in [1.165, 1.54) is 16.5 Å². The molecule has 162 valence electrons. The minimum Gasteiger partial charge on any atom is -0.361 e. The van der Waals surface area contributed by atoms with Gasteiger partial charge in [0.15, 0.2) is 5.82 Å². The molecule has 1 atom stereocenters. The number of fused-ring (bicyclic) bond motifs is 1. The first-order valence-electron chi connectivity index (χ1n) is 11.5. The van der Waals surface area contributed by atoms with Crippen LogP contribution in [0.15, 0.2) is 54.7 Å². The highest BCUT2D eigenvalue weighted by Gasteiger charge is 2.36. The molecule has 2 aliphatic rings. The van der Waals surface area contributed by atoms with Crippen LogP contribution in [0.2, 0.25) is 0 Å². The van der Waals surface area contributed by atoms with Crippen LogP contribution in [-0.2, 0) is 11.3 Å². The van der Waals surface area contributed by atoms with Crippen LogP contribution >= 0.6 is 0 Å². The summed E-state index contributed by atoms with van der Waals surface area (Å²) in [6.07, 6.45) is 5.17. The van der Waals surface area contributed by atoms with Crippen molar-refractivity contribution in [1.82, 2.24) is 24.6 Å². The third kappa shape index (κ3) is 3.49. The van der Waals surface area contributed by atoms with Crippen LogP contribution in [0.25, 0.3) is 33.4 Å². The van der Waals surface area contributed by atoms with Crippen molar-refractivity contribution < 1.29 is 4.79 Å². The molecule has 1 aliphatic carbocycles. The Bertz CT molecular complexity index is 1280. The number of amides is 1. The summed E-state index contributed by atoms with van der Waals surface area (Å²) in [7, 11) is 0. The van der Waals surface area contributed by atoms with Crippen molar-refractivity contribution in [3.05, 3.63) is 60.6 Å². The molecule has 1 saturated heterocycles. The number of nitrogens with one attached hydrogen (secondary N) is 1. The lowest BCUT2D eigenvalue weighted by atomic mass is 10.0. The van der Waals surface area contributed by atoms with Crippen LogP contribution in [0.3, 0.4) is 0 Å². The molecule has 1 saturated carbocycles. The van der Waals surface area contributed by atoms with Gasteiger partial charge in [0.2, 0.25) is 5.91 Å². The molecule has 32 heavy (non-hydrogen) atoms. The summed E-state index contributed by atoms with van der Waals surface area (Å²) in [5.41, 5.74) is 4.58. The standard InChI is InChI=1S/C26H27N5O/c1-17-28-29-25(31(17)16-18-11-13-30(15-18)26(32)22-7-8-22)21-5-2-19(3-6-21)23-9-4-20-10-12-27-24(20)14-23/h2-6,9-10,12,14,18,22,27H,7-8,11,13,15-16H2,1H3. The lowest BCUT2D eigenvalue weighted by Crippen LogP contribution is -2.30. The van der Waals surface area contributed by atoms with Crippen molar-refractivity contribution in [3.63, 3.8) is 0 Å². The highest BCUT2D eigenvalue weighted by atomic mass is 16.2. The van der Waals surface area contributed by atoms with E-state index in [4.69, 9.17) is 0 Å². The maximum atomic E-state index is 12.4. The number of hydrogen-bond donors (Lipinski definition) is 1. The Kier molecular flexibility index (Phi) is 4.59. The van der Waals surface area contributed by atoms with E-state index in [1.807, 2.05) is 13.1 Å². The number of carbonyl (C=O) groups is 1. The highest BCUT2D eigenvalue weighted by Crippen LogP contribution is 2.33. The fraction of sp³-hybridized carbons (Fsp3) is 0.346. The van der Waals surface area contributed by atoms with Crippen LogP contribution in [0, 0.1) is 18.8 Å². The average Bonchev–Trinajstić information content (AvgIpc) is 3.21. The Hall–Kier alpha value is -3.41. The second kappa shape index (κ2) is 7.62. The third-order valence-electron chi connectivity index (χ3n) is 6.93. The van der Waals surface area contributed by atoms with Gasteiger partial charge in [0, 0.05) is 42.8 Å². The number of likely N-dealkylation sites (tertiary alicyclic amines) is 1. The summed E-state index contributed by atoms with van der Waals surface area (Å²) in [4.78, 5) is 17.8. The predicted molar refractivity (Wildman–Crippen MR) is 125 cm³/mol. The monoisotopic (exact) mass is 425 g/mol. The predicted octanol–water partition coefficient (Wildman–Crippen LogP) is 4.66. The van der Waals surface area contributed by atoms with Crippen molar-refractivity contribution in [2.24, 2.45) is 11.8 Å². The van der Waals surface area contributed by atoms with Crippen molar-refractivity contribution in [3.8, 4) is 22.5 Å². The molecule has 6 heteroatoms. The molecule has 0 spiro atoms. The molecule has 0 bridgehead atoms. The molecule has 2 fully saturated rings. The van der Waals surface area contributed by atoms with E-state index in [9.17, 15) is 4.79 Å². The number of H-pyrrole nitrogens is 1. The van der Waals surface area contributed by atoms with E-state index in [-0.39, 0.29) is 0 Å². The summed E-state index contributed by atoms with van der Waals surface area (Å²) in [5, 5.41) is 10.1. The minimum absolute atomic E-state index is 0.303. The molecule has 2 aromatic carbocycles. The topological polar surface area (TPSA) is 66.8 Å². The van der Waals surface area contributed by atoms with E-state index >= 15 is 0 Å². The maximum absolute atomic E-state index is 12.4. The first kappa shape index (κ1) is 19.3. The Morgan fingerprint density at radius 3 is 2.59 bits per heavy atom. The lowest BCUT2D eigenvalue weighted by Gasteiger charge is -2.17. The number of hydrogen-bond acceptors (Lipinski definition) is 3. The molecule has 6 rings (SSSR count). The zero-order chi connectivity index (χ0) is 21.7. The van der Waals surface area contributed by atoms with Crippen molar-refractivity contribution in [2.45, 2.75) is 32.7 Å². The molecule has 1 N–H and O–H groups in total. The van der Waals surface area contributed by atoms with Crippen LogP contribution < -0.4 is 0 Å². The van der Waals surface area contributed by atoms with Gasteiger partial charge in [-0.25, -0.2) is 0 Å². The van der Waals surface area contributed by atoms with Crippen molar-refractivity contribution in [1.29, 1.82) is 0 Å². The summed E-state index contributed by atoms with van der Waals surface area (Å²) in [6, 6.07) is 17.1. The zero-order valence-corrected chi connectivity index (χ0v) is 18.3. The van der Waals surface area contributed by atoms with Gasteiger partial charge in [-0.1, -0.05) is 36.4 Å². The Labute approximate surface area is 187 Å². The smallest absolute Gasteiger partial charge is 0.225 e. The molecular weight excluding hydrogens is 398 g/mol. The number of aromatic nitrogens is 4. The van der Waals surface area contributed by atoms with Crippen molar-refractivity contribution >= 4 is 16.8 Å². The van der Waals surface area contributed by atoms with Gasteiger partial charge in [-0.3, -0.25) is 4.79 Å². The number of rotatable bonds is 5. The van der Waals surface area contributed by atoms with Gasteiger partial charge in [0.25, 0.3) is 0 Å². The number of aryl methyl sites for hydroxylation is 1. The summed E-state index contributed by atoms with van der Waals surface area (Å²) in [6.45, 7) is 4.61. The molecule has 1 aliphatic heterocycles. The number of carbonyl (C=O) groups excluding carboxylic acids is 1. The van der Waals surface area contributed by atoms with Crippen LogP contribution in [-0.4, -0.2) is 43.6 Å². The summed E-state index contributed by atoms with van der Waals surface area (Å²) in [5.74, 6) is 2.95. The average molecular weight is 426 g/mol. The largest absolute Gasteiger partial charge is 0.361 e. The SMILES string of the molecule is Cc1nnc(-c2ccc(-c3ccc4cc[nH]c4c3)cc2)n1CC1CCN(C(=O)C2CC2)C1. The molecule has 0 radical (unpaired) electrons. The summed E-state index contributed by atoms with van der Waals surface area (Å²) < 4.78 is 2.22.